The molecule has 1 aromatic carbocycles. The van der Waals surface area contributed by atoms with Crippen molar-refractivity contribution in [3.63, 3.8) is 0 Å². The summed E-state index contributed by atoms with van der Waals surface area (Å²) in [5.41, 5.74) is 1.13. The summed E-state index contributed by atoms with van der Waals surface area (Å²) in [7, 11) is 0. The molecule has 0 unspecified atom stereocenters. The van der Waals surface area contributed by atoms with Crippen LogP contribution >= 0.6 is 11.6 Å². The van der Waals surface area contributed by atoms with Crippen molar-refractivity contribution < 1.29 is 9.90 Å². The highest BCUT2D eigenvalue weighted by Crippen LogP contribution is 2.39. The van der Waals surface area contributed by atoms with Gasteiger partial charge in [0.05, 0.1) is 6.61 Å². The van der Waals surface area contributed by atoms with Gasteiger partial charge in [-0.1, -0.05) is 23.7 Å². The molecule has 0 radical (unpaired) electrons. The third-order valence-corrected chi connectivity index (χ3v) is 5.01. The van der Waals surface area contributed by atoms with Crippen molar-refractivity contribution in [2.45, 2.75) is 24.8 Å². The molecule has 3 rings (SSSR count). The molecule has 1 aliphatic heterocycles. The van der Waals surface area contributed by atoms with Gasteiger partial charge in [-0.2, -0.15) is 0 Å². The van der Waals surface area contributed by atoms with E-state index in [2.05, 4.69) is 10.2 Å². The van der Waals surface area contributed by atoms with Crippen molar-refractivity contribution in [3.8, 4) is 0 Å². The van der Waals surface area contributed by atoms with E-state index in [1.54, 1.807) is 0 Å². The fourth-order valence-corrected chi connectivity index (χ4v) is 3.24. The van der Waals surface area contributed by atoms with Gasteiger partial charge in [0, 0.05) is 43.3 Å². The monoisotopic (exact) mass is 337 g/mol. The molecule has 5 nitrogen and oxygen atoms in total. The van der Waals surface area contributed by atoms with E-state index in [1.165, 1.54) is 5.56 Å². The molecule has 1 heterocycles. The Balaban J connectivity index is 1.50. The van der Waals surface area contributed by atoms with Gasteiger partial charge in [-0.25, -0.2) is 4.79 Å². The van der Waals surface area contributed by atoms with Crippen LogP contribution in [0.25, 0.3) is 0 Å². The lowest BCUT2D eigenvalue weighted by molar-refractivity contribution is 0.120. The number of benzene rings is 1. The number of hydrogen-bond donors (Lipinski definition) is 2. The van der Waals surface area contributed by atoms with Gasteiger partial charge in [0.1, 0.15) is 0 Å². The summed E-state index contributed by atoms with van der Waals surface area (Å²) >= 11 is 5.92. The highest BCUT2D eigenvalue weighted by atomic mass is 35.5. The standard InChI is InChI=1S/C17H24ClN3O2/c18-15-3-1-14(2-4-15)13-17(5-6-17)19-16(23)21-9-7-20(8-10-21)11-12-22/h1-4,22H,5-13H2,(H,19,23). The minimum absolute atomic E-state index is 0.0418. The van der Waals surface area contributed by atoms with E-state index in [-0.39, 0.29) is 18.2 Å². The van der Waals surface area contributed by atoms with E-state index < -0.39 is 0 Å². The lowest BCUT2D eigenvalue weighted by Crippen LogP contribution is -2.54. The van der Waals surface area contributed by atoms with Crippen LogP contribution in [0.4, 0.5) is 4.79 Å². The largest absolute Gasteiger partial charge is 0.395 e. The Morgan fingerprint density at radius 1 is 1.17 bits per heavy atom. The van der Waals surface area contributed by atoms with Gasteiger partial charge in [0.15, 0.2) is 0 Å². The van der Waals surface area contributed by atoms with Gasteiger partial charge >= 0.3 is 6.03 Å². The molecule has 1 saturated heterocycles. The Labute approximate surface area is 142 Å². The van der Waals surface area contributed by atoms with E-state index >= 15 is 0 Å². The van der Waals surface area contributed by atoms with Crippen LogP contribution in [-0.4, -0.2) is 65.8 Å². The fourth-order valence-electron chi connectivity index (χ4n) is 3.11. The summed E-state index contributed by atoms with van der Waals surface area (Å²) in [6, 6.07) is 7.90. The molecular formula is C17H24ClN3O2. The first-order chi connectivity index (χ1) is 11.1. The molecule has 2 amide bonds. The number of hydrogen-bond acceptors (Lipinski definition) is 3. The first-order valence-corrected chi connectivity index (χ1v) is 8.63. The number of nitrogens with zero attached hydrogens (tertiary/aromatic N) is 2. The minimum atomic E-state index is -0.0762. The average molecular weight is 338 g/mol. The summed E-state index contributed by atoms with van der Waals surface area (Å²) in [4.78, 5) is 16.6. The molecule has 1 aliphatic carbocycles. The molecule has 23 heavy (non-hydrogen) atoms. The molecule has 0 aromatic heterocycles. The predicted octanol–water partition coefficient (Wildman–Crippen LogP) is 1.73. The fraction of sp³-hybridized carbons (Fsp3) is 0.588. The van der Waals surface area contributed by atoms with Crippen LogP contribution in [0.3, 0.4) is 0 Å². The lowest BCUT2D eigenvalue weighted by Gasteiger charge is -2.35. The summed E-state index contributed by atoms with van der Waals surface area (Å²) in [6.45, 7) is 3.98. The average Bonchev–Trinajstić information content (AvgIpc) is 3.30. The Morgan fingerprint density at radius 2 is 1.83 bits per heavy atom. The van der Waals surface area contributed by atoms with Crippen LogP contribution in [0.5, 0.6) is 0 Å². The smallest absolute Gasteiger partial charge is 0.317 e. The molecule has 1 aromatic rings. The highest BCUT2D eigenvalue weighted by molar-refractivity contribution is 6.30. The van der Waals surface area contributed by atoms with E-state index in [1.807, 2.05) is 29.2 Å². The van der Waals surface area contributed by atoms with Gasteiger partial charge in [0.2, 0.25) is 0 Å². The molecule has 6 heteroatoms. The number of carbonyl (C=O) groups is 1. The molecule has 0 bridgehead atoms. The zero-order valence-electron chi connectivity index (χ0n) is 13.3. The van der Waals surface area contributed by atoms with Gasteiger partial charge in [-0.3, -0.25) is 4.90 Å². The van der Waals surface area contributed by atoms with Gasteiger partial charge < -0.3 is 15.3 Å². The Hall–Kier alpha value is -1.30. The van der Waals surface area contributed by atoms with Crippen molar-refractivity contribution >= 4 is 17.6 Å². The number of rotatable bonds is 5. The van der Waals surface area contributed by atoms with Crippen molar-refractivity contribution in [1.82, 2.24) is 15.1 Å². The maximum absolute atomic E-state index is 12.5. The number of aliphatic hydroxyl groups excluding tert-OH is 1. The van der Waals surface area contributed by atoms with E-state index in [9.17, 15) is 4.79 Å². The lowest BCUT2D eigenvalue weighted by atomic mass is 10.0. The van der Waals surface area contributed by atoms with E-state index in [0.717, 1.165) is 50.5 Å². The topological polar surface area (TPSA) is 55.8 Å². The van der Waals surface area contributed by atoms with Crippen LogP contribution in [0.2, 0.25) is 5.02 Å². The number of halogens is 1. The van der Waals surface area contributed by atoms with Crippen LogP contribution in [-0.2, 0) is 6.42 Å². The third-order valence-electron chi connectivity index (χ3n) is 4.76. The second kappa shape index (κ2) is 7.07. The van der Waals surface area contributed by atoms with Gasteiger partial charge in [-0.05, 0) is 37.0 Å². The molecule has 2 fully saturated rings. The van der Waals surface area contributed by atoms with Crippen LogP contribution in [0.15, 0.2) is 24.3 Å². The number of urea groups is 1. The quantitative estimate of drug-likeness (QED) is 0.860. The predicted molar refractivity (Wildman–Crippen MR) is 90.8 cm³/mol. The molecule has 2 N–H and O–H groups in total. The Kier molecular flexibility index (Phi) is 5.09. The number of aliphatic hydroxyl groups is 1. The van der Waals surface area contributed by atoms with Crippen LogP contribution in [0.1, 0.15) is 18.4 Å². The minimum Gasteiger partial charge on any atom is -0.395 e. The second-order valence-electron chi connectivity index (χ2n) is 6.57. The zero-order valence-corrected chi connectivity index (χ0v) is 14.1. The molecule has 0 atom stereocenters. The summed E-state index contributed by atoms with van der Waals surface area (Å²) in [5.74, 6) is 0. The summed E-state index contributed by atoms with van der Waals surface area (Å²) in [6.07, 6.45) is 2.93. The van der Waals surface area contributed by atoms with Crippen LogP contribution < -0.4 is 5.32 Å². The van der Waals surface area contributed by atoms with Gasteiger partial charge in [0.25, 0.3) is 0 Å². The molecular weight excluding hydrogens is 314 g/mol. The maximum Gasteiger partial charge on any atom is 0.317 e. The number of nitrogens with one attached hydrogen (secondary N) is 1. The Morgan fingerprint density at radius 3 is 2.39 bits per heavy atom. The molecule has 126 valence electrons. The Bertz CT molecular complexity index is 537. The molecule has 1 saturated carbocycles. The second-order valence-corrected chi connectivity index (χ2v) is 7.00. The van der Waals surface area contributed by atoms with E-state index in [0.29, 0.717) is 6.54 Å². The number of β-amino-alcohol motifs (C(OH)–C–C–N with tert-alkyl or cyclic N) is 1. The van der Waals surface area contributed by atoms with Crippen molar-refractivity contribution in [2.75, 3.05) is 39.3 Å². The van der Waals surface area contributed by atoms with Crippen molar-refractivity contribution in [3.05, 3.63) is 34.9 Å². The number of carbonyl (C=O) groups excluding carboxylic acids is 1. The zero-order chi connectivity index (χ0) is 16.3. The van der Waals surface area contributed by atoms with E-state index in [4.69, 9.17) is 16.7 Å². The molecule has 0 spiro atoms. The number of amides is 2. The maximum atomic E-state index is 12.5. The summed E-state index contributed by atoms with van der Waals surface area (Å²) in [5, 5.41) is 12.9. The van der Waals surface area contributed by atoms with Crippen molar-refractivity contribution in [1.29, 1.82) is 0 Å². The van der Waals surface area contributed by atoms with Gasteiger partial charge in [-0.15, -0.1) is 0 Å². The highest BCUT2D eigenvalue weighted by Gasteiger charge is 2.44. The number of piperazine rings is 1. The van der Waals surface area contributed by atoms with Crippen LogP contribution in [0, 0.1) is 0 Å². The van der Waals surface area contributed by atoms with Crippen molar-refractivity contribution in [2.24, 2.45) is 0 Å². The third kappa shape index (κ3) is 4.37. The molecule has 2 aliphatic rings. The SMILES string of the molecule is O=C(NC1(Cc2ccc(Cl)cc2)CC1)N1CCN(CCO)CC1. The normalized spacial score (nSPS) is 20.3. The first kappa shape index (κ1) is 16.6. The first-order valence-electron chi connectivity index (χ1n) is 8.25. The summed E-state index contributed by atoms with van der Waals surface area (Å²) < 4.78 is 0.